The highest BCUT2D eigenvalue weighted by Crippen LogP contribution is 2.48. The van der Waals surface area contributed by atoms with Crippen LogP contribution in [-0.4, -0.2) is 31.8 Å². The largest absolute Gasteiger partial charge is 0.573 e. The zero-order valence-corrected chi connectivity index (χ0v) is 18.8. The predicted octanol–water partition coefficient (Wildman–Crippen LogP) is 4.95. The third-order valence-corrected chi connectivity index (χ3v) is 6.00. The highest BCUT2D eigenvalue weighted by atomic mass is 19.4. The molecule has 1 unspecified atom stereocenters. The Balaban J connectivity index is 1.62. The molecule has 0 saturated heterocycles. The number of halogens is 3. The summed E-state index contributed by atoms with van der Waals surface area (Å²) in [5, 5.41) is 0. The maximum absolute atomic E-state index is 13.8. The number of carbonyl (C=O) groups excluding carboxylic acids is 1. The summed E-state index contributed by atoms with van der Waals surface area (Å²) in [5.74, 6) is 0.00681. The third-order valence-electron chi connectivity index (χ3n) is 6.00. The lowest BCUT2D eigenvalue weighted by atomic mass is 9.78. The molecule has 0 spiro atoms. The van der Waals surface area contributed by atoms with Crippen molar-refractivity contribution in [1.29, 1.82) is 0 Å². The topological polar surface area (TPSA) is 73.1 Å². The van der Waals surface area contributed by atoms with Crippen molar-refractivity contribution in [3.63, 3.8) is 0 Å². The highest BCUT2D eigenvalue weighted by Gasteiger charge is 2.48. The van der Waals surface area contributed by atoms with Gasteiger partial charge in [-0.05, 0) is 59.9 Å². The van der Waals surface area contributed by atoms with Gasteiger partial charge in [-0.1, -0.05) is 18.2 Å². The van der Waals surface area contributed by atoms with Gasteiger partial charge in [0, 0.05) is 25.6 Å². The van der Waals surface area contributed by atoms with Crippen molar-refractivity contribution in [2.75, 3.05) is 4.90 Å². The zero-order chi connectivity index (χ0) is 24.8. The lowest BCUT2D eigenvalue weighted by Crippen LogP contribution is -2.37. The molecule has 1 aliphatic heterocycles. The van der Waals surface area contributed by atoms with E-state index in [2.05, 4.69) is 19.7 Å². The second-order valence-corrected chi connectivity index (χ2v) is 8.60. The fourth-order valence-electron chi connectivity index (χ4n) is 4.44. The summed E-state index contributed by atoms with van der Waals surface area (Å²) in [6.07, 6.45) is 3.66. The fraction of sp³-hybridized carbons (Fsp3) is 0.200. The lowest BCUT2D eigenvalue weighted by Gasteiger charge is -2.24. The molecule has 4 aromatic rings. The maximum Gasteiger partial charge on any atom is 0.573 e. The summed E-state index contributed by atoms with van der Waals surface area (Å²) < 4.78 is 44.0. The van der Waals surface area contributed by atoms with E-state index in [1.54, 1.807) is 52.6 Å². The predicted molar refractivity (Wildman–Crippen MR) is 122 cm³/mol. The standard InChI is InChI=1S/C25H20F3N5O2/c1-24(10-16-11-29-14-30-12-16)20-9-18(17-4-3-5-19(8-17)35-25(26,27)28)6-7-21(20)33(23(24)34)22-13-32(2)15-31-22/h3-9,11-15H,10H2,1-2H3. The van der Waals surface area contributed by atoms with Crippen LogP contribution in [0.4, 0.5) is 24.7 Å². The fourth-order valence-corrected chi connectivity index (χ4v) is 4.44. The molecule has 2 aromatic carbocycles. The van der Waals surface area contributed by atoms with Crippen LogP contribution in [0.1, 0.15) is 18.1 Å². The van der Waals surface area contributed by atoms with Crippen molar-refractivity contribution in [2.45, 2.75) is 25.1 Å². The van der Waals surface area contributed by atoms with E-state index in [4.69, 9.17) is 0 Å². The molecule has 1 atom stereocenters. The van der Waals surface area contributed by atoms with E-state index in [0.29, 0.717) is 29.1 Å². The average Bonchev–Trinajstić information content (AvgIpc) is 3.32. The van der Waals surface area contributed by atoms with Gasteiger partial charge < -0.3 is 9.30 Å². The van der Waals surface area contributed by atoms with Crippen LogP contribution in [0.25, 0.3) is 11.1 Å². The molecular formula is C25H20F3N5O2. The second kappa shape index (κ2) is 8.23. The number of rotatable bonds is 5. The molecule has 3 heterocycles. The maximum atomic E-state index is 13.8. The molecule has 0 bridgehead atoms. The van der Waals surface area contributed by atoms with E-state index < -0.39 is 11.8 Å². The quantitative estimate of drug-likeness (QED) is 0.405. The summed E-state index contributed by atoms with van der Waals surface area (Å²) in [5.41, 5.74) is 2.39. The van der Waals surface area contributed by atoms with E-state index in [1.807, 2.05) is 20.0 Å². The Hall–Kier alpha value is -4.21. The van der Waals surface area contributed by atoms with Gasteiger partial charge >= 0.3 is 6.36 Å². The van der Waals surface area contributed by atoms with Gasteiger partial charge in [0.2, 0.25) is 5.91 Å². The molecule has 10 heteroatoms. The Bertz CT molecular complexity index is 1400. The number of hydrogen-bond acceptors (Lipinski definition) is 5. The first kappa shape index (κ1) is 22.6. The third kappa shape index (κ3) is 4.23. The summed E-state index contributed by atoms with van der Waals surface area (Å²) in [7, 11) is 1.82. The van der Waals surface area contributed by atoms with Crippen LogP contribution in [0.2, 0.25) is 0 Å². The summed E-state index contributed by atoms with van der Waals surface area (Å²) >= 11 is 0. The van der Waals surface area contributed by atoms with Gasteiger partial charge in [0.05, 0.1) is 17.4 Å². The minimum absolute atomic E-state index is 0.165. The first-order valence-electron chi connectivity index (χ1n) is 10.7. The van der Waals surface area contributed by atoms with E-state index >= 15 is 0 Å². The number of imidazole rings is 1. The van der Waals surface area contributed by atoms with Gasteiger partial charge in [-0.2, -0.15) is 0 Å². The first-order chi connectivity index (χ1) is 16.6. The Morgan fingerprint density at radius 1 is 1.06 bits per heavy atom. The van der Waals surface area contributed by atoms with Crippen molar-refractivity contribution in [1.82, 2.24) is 19.5 Å². The number of amides is 1. The second-order valence-electron chi connectivity index (χ2n) is 8.60. The summed E-state index contributed by atoms with van der Waals surface area (Å²) in [6.45, 7) is 1.84. The van der Waals surface area contributed by atoms with Crippen LogP contribution in [0.15, 0.2) is 73.7 Å². The summed E-state index contributed by atoms with van der Waals surface area (Å²) in [4.78, 5) is 27.9. The van der Waals surface area contributed by atoms with Crippen LogP contribution < -0.4 is 9.64 Å². The number of aryl methyl sites for hydroxylation is 1. The molecule has 0 fully saturated rings. The molecule has 0 N–H and O–H groups in total. The highest BCUT2D eigenvalue weighted by molar-refractivity contribution is 6.12. The summed E-state index contributed by atoms with van der Waals surface area (Å²) in [6, 6.07) is 11.2. The van der Waals surface area contributed by atoms with Gasteiger partial charge in [0.25, 0.3) is 0 Å². The molecule has 178 valence electrons. The van der Waals surface area contributed by atoms with Crippen LogP contribution in [0, 0.1) is 0 Å². The smallest absolute Gasteiger partial charge is 0.406 e. The van der Waals surface area contributed by atoms with Gasteiger partial charge in [-0.3, -0.25) is 9.69 Å². The van der Waals surface area contributed by atoms with Crippen LogP contribution in [0.3, 0.4) is 0 Å². The van der Waals surface area contributed by atoms with Crippen molar-refractivity contribution in [3.8, 4) is 16.9 Å². The Labute approximate surface area is 198 Å². The monoisotopic (exact) mass is 479 g/mol. The van der Waals surface area contributed by atoms with Crippen molar-refractivity contribution in [3.05, 3.63) is 84.8 Å². The van der Waals surface area contributed by atoms with Crippen LogP contribution in [-0.2, 0) is 23.7 Å². The number of carbonyl (C=O) groups is 1. The zero-order valence-electron chi connectivity index (χ0n) is 18.8. The lowest BCUT2D eigenvalue weighted by molar-refractivity contribution is -0.274. The number of alkyl halides is 3. The average molecular weight is 479 g/mol. The molecule has 35 heavy (non-hydrogen) atoms. The van der Waals surface area contributed by atoms with Gasteiger partial charge in [-0.25, -0.2) is 15.0 Å². The number of hydrogen-bond donors (Lipinski definition) is 0. The van der Waals surface area contributed by atoms with Crippen molar-refractivity contribution in [2.24, 2.45) is 7.05 Å². The van der Waals surface area contributed by atoms with E-state index in [1.165, 1.54) is 24.5 Å². The SMILES string of the molecule is Cn1cnc(N2C(=O)C(C)(Cc3cncnc3)c3cc(-c4cccc(OC(F)(F)F)c4)ccc32)c1. The molecule has 2 aromatic heterocycles. The molecule has 0 radical (unpaired) electrons. The number of anilines is 2. The number of benzene rings is 2. The molecule has 0 aliphatic carbocycles. The molecule has 1 aliphatic rings. The van der Waals surface area contributed by atoms with Gasteiger partial charge in [0.1, 0.15) is 12.1 Å². The van der Waals surface area contributed by atoms with Gasteiger partial charge in [0.15, 0.2) is 5.82 Å². The van der Waals surface area contributed by atoms with Crippen LogP contribution in [0.5, 0.6) is 5.75 Å². The van der Waals surface area contributed by atoms with E-state index in [-0.39, 0.29) is 11.7 Å². The normalized spacial score (nSPS) is 17.5. The number of fused-ring (bicyclic) bond motifs is 1. The van der Waals surface area contributed by atoms with Crippen LogP contribution >= 0.6 is 0 Å². The van der Waals surface area contributed by atoms with E-state index in [0.717, 1.165) is 11.1 Å². The van der Waals surface area contributed by atoms with E-state index in [9.17, 15) is 18.0 Å². The molecule has 0 saturated carbocycles. The van der Waals surface area contributed by atoms with Gasteiger partial charge in [-0.15, -0.1) is 13.2 Å². The first-order valence-corrected chi connectivity index (χ1v) is 10.7. The Kier molecular flexibility index (Phi) is 5.31. The molecular weight excluding hydrogens is 459 g/mol. The molecule has 1 amide bonds. The molecule has 5 rings (SSSR count). The molecule has 7 nitrogen and oxygen atoms in total. The minimum Gasteiger partial charge on any atom is -0.406 e. The number of aromatic nitrogens is 4. The Morgan fingerprint density at radius 2 is 1.80 bits per heavy atom. The minimum atomic E-state index is -4.79. The number of nitrogens with zero attached hydrogens (tertiary/aromatic N) is 5. The number of ether oxygens (including phenoxy) is 1. The van der Waals surface area contributed by atoms with Crippen molar-refractivity contribution < 1.29 is 22.7 Å². The van der Waals surface area contributed by atoms with Crippen molar-refractivity contribution >= 4 is 17.4 Å². The Morgan fingerprint density at radius 3 is 2.49 bits per heavy atom.